The number of para-hydroxylation sites is 2. The van der Waals surface area contributed by atoms with Gasteiger partial charge in [0.1, 0.15) is 0 Å². The summed E-state index contributed by atoms with van der Waals surface area (Å²) in [5, 5.41) is 2.84. The van der Waals surface area contributed by atoms with Gasteiger partial charge in [-0.3, -0.25) is 10.6 Å². The van der Waals surface area contributed by atoms with Gasteiger partial charge in [0.25, 0.3) is 5.91 Å². The van der Waals surface area contributed by atoms with E-state index in [4.69, 9.17) is 5.84 Å². The summed E-state index contributed by atoms with van der Waals surface area (Å²) in [6, 6.07) is 12.6. The summed E-state index contributed by atoms with van der Waals surface area (Å²) >= 11 is 6.80. The minimum Gasteiger partial charge on any atom is -0.323 e. The molecule has 0 saturated carbocycles. The first-order chi connectivity index (χ1) is 9.13. The number of anilines is 2. The van der Waals surface area contributed by atoms with Crippen molar-refractivity contribution in [3.63, 3.8) is 0 Å². The number of amides is 1. The first-order valence-corrected chi connectivity index (χ1v) is 7.03. The lowest BCUT2D eigenvalue weighted by atomic mass is 10.1. The highest BCUT2D eigenvalue weighted by Crippen LogP contribution is 2.31. The van der Waals surface area contributed by atoms with Gasteiger partial charge in [-0.2, -0.15) is 0 Å². The number of nitrogens with two attached hydrogens (primary N) is 1. The Bertz CT molecular complexity index is 596. The lowest BCUT2D eigenvalue weighted by molar-refractivity contribution is 0.102. The van der Waals surface area contributed by atoms with E-state index in [0.717, 1.165) is 8.95 Å². The molecule has 98 valence electrons. The smallest absolute Gasteiger partial charge is 0.257 e. The van der Waals surface area contributed by atoms with Crippen molar-refractivity contribution in [3.8, 4) is 0 Å². The molecule has 6 heteroatoms. The minimum absolute atomic E-state index is 0.235. The van der Waals surface area contributed by atoms with Gasteiger partial charge >= 0.3 is 0 Å². The molecule has 19 heavy (non-hydrogen) atoms. The maximum atomic E-state index is 12.2. The molecule has 1 amide bonds. The topological polar surface area (TPSA) is 67.1 Å². The fourth-order valence-corrected chi connectivity index (χ4v) is 2.80. The third-order valence-electron chi connectivity index (χ3n) is 2.53. The molecular formula is C13H11Br2N3O. The van der Waals surface area contributed by atoms with Gasteiger partial charge in [0, 0.05) is 8.95 Å². The van der Waals surface area contributed by atoms with Crippen LogP contribution in [0.2, 0.25) is 0 Å². The van der Waals surface area contributed by atoms with E-state index in [2.05, 4.69) is 42.6 Å². The predicted octanol–water partition coefficient (Wildman–Crippen LogP) is 3.75. The van der Waals surface area contributed by atoms with Gasteiger partial charge in [0.05, 0.1) is 16.9 Å². The average molecular weight is 385 g/mol. The maximum absolute atomic E-state index is 12.2. The molecule has 0 radical (unpaired) electrons. The van der Waals surface area contributed by atoms with Crippen LogP contribution in [0, 0.1) is 0 Å². The molecule has 0 spiro atoms. The number of benzene rings is 2. The number of hydrazine groups is 1. The molecule has 2 rings (SSSR count). The van der Waals surface area contributed by atoms with Crippen molar-refractivity contribution in [1.29, 1.82) is 0 Å². The Morgan fingerprint density at radius 3 is 2.26 bits per heavy atom. The second-order valence-corrected chi connectivity index (χ2v) is 5.45. The molecular weight excluding hydrogens is 374 g/mol. The highest BCUT2D eigenvalue weighted by atomic mass is 79.9. The highest BCUT2D eigenvalue weighted by molar-refractivity contribution is 9.11. The summed E-state index contributed by atoms with van der Waals surface area (Å²) < 4.78 is 1.60. The molecule has 0 bridgehead atoms. The van der Waals surface area contributed by atoms with Gasteiger partial charge in [-0.25, -0.2) is 0 Å². The monoisotopic (exact) mass is 383 g/mol. The van der Waals surface area contributed by atoms with E-state index in [-0.39, 0.29) is 5.91 Å². The van der Waals surface area contributed by atoms with Crippen LogP contribution in [0.5, 0.6) is 0 Å². The fraction of sp³-hybridized carbons (Fsp3) is 0. The lowest BCUT2D eigenvalue weighted by Gasteiger charge is -2.12. The third-order valence-corrected chi connectivity index (χ3v) is 3.85. The molecule has 0 aliphatic heterocycles. The van der Waals surface area contributed by atoms with Crippen LogP contribution in [0.25, 0.3) is 0 Å². The zero-order valence-electron chi connectivity index (χ0n) is 9.78. The van der Waals surface area contributed by atoms with E-state index in [9.17, 15) is 4.79 Å². The standard InChI is InChI=1S/C13H11Br2N3O/c14-9-5-3-6-10(15)12(9)17-13(19)8-4-1-2-7-11(8)18-16/h1-7,18H,16H2,(H,17,19). The predicted molar refractivity (Wildman–Crippen MR) is 84.0 cm³/mol. The minimum atomic E-state index is -0.235. The van der Waals surface area contributed by atoms with E-state index in [1.807, 2.05) is 18.2 Å². The zero-order valence-corrected chi connectivity index (χ0v) is 13.0. The number of hydrogen-bond donors (Lipinski definition) is 3. The number of nitrogen functional groups attached to an aromatic ring is 1. The van der Waals surface area contributed by atoms with Crippen molar-refractivity contribution in [2.45, 2.75) is 0 Å². The summed E-state index contributed by atoms with van der Waals surface area (Å²) in [5.41, 5.74) is 4.24. The molecule has 0 aliphatic rings. The number of carbonyl (C=O) groups is 1. The van der Waals surface area contributed by atoms with Crippen LogP contribution >= 0.6 is 31.9 Å². The summed E-state index contributed by atoms with van der Waals surface area (Å²) in [6.07, 6.45) is 0. The average Bonchev–Trinajstić information content (AvgIpc) is 2.42. The molecule has 0 aromatic heterocycles. The van der Waals surface area contributed by atoms with Crippen molar-refractivity contribution in [3.05, 3.63) is 57.0 Å². The lowest BCUT2D eigenvalue weighted by Crippen LogP contribution is -2.17. The van der Waals surface area contributed by atoms with E-state index in [1.54, 1.807) is 24.3 Å². The van der Waals surface area contributed by atoms with Gasteiger partial charge in [-0.15, -0.1) is 0 Å². The number of hydrogen-bond acceptors (Lipinski definition) is 3. The Labute approximate surface area is 127 Å². The molecule has 0 aliphatic carbocycles. The Morgan fingerprint density at radius 2 is 1.63 bits per heavy atom. The maximum Gasteiger partial charge on any atom is 0.257 e. The van der Waals surface area contributed by atoms with Crippen LogP contribution in [-0.2, 0) is 0 Å². The largest absolute Gasteiger partial charge is 0.323 e. The van der Waals surface area contributed by atoms with Crippen molar-refractivity contribution < 1.29 is 4.79 Å². The summed E-state index contributed by atoms with van der Waals surface area (Å²) in [7, 11) is 0. The Balaban J connectivity index is 2.31. The molecule has 0 saturated heterocycles. The van der Waals surface area contributed by atoms with Crippen LogP contribution in [0.1, 0.15) is 10.4 Å². The summed E-state index contributed by atoms with van der Waals surface area (Å²) in [5.74, 6) is 5.16. The van der Waals surface area contributed by atoms with Gasteiger partial charge in [-0.05, 0) is 56.1 Å². The molecule has 2 aromatic rings. The van der Waals surface area contributed by atoms with Crippen molar-refractivity contribution in [2.24, 2.45) is 5.84 Å². The molecule has 2 aromatic carbocycles. The van der Waals surface area contributed by atoms with Crippen LogP contribution in [0.3, 0.4) is 0 Å². The van der Waals surface area contributed by atoms with E-state index in [1.165, 1.54) is 0 Å². The van der Waals surface area contributed by atoms with Gasteiger partial charge < -0.3 is 10.7 Å². The van der Waals surface area contributed by atoms with Gasteiger partial charge in [0.2, 0.25) is 0 Å². The van der Waals surface area contributed by atoms with Crippen LogP contribution in [-0.4, -0.2) is 5.91 Å². The van der Waals surface area contributed by atoms with Gasteiger partial charge in [-0.1, -0.05) is 18.2 Å². The second-order valence-electron chi connectivity index (χ2n) is 3.74. The van der Waals surface area contributed by atoms with Crippen LogP contribution in [0.4, 0.5) is 11.4 Å². The van der Waals surface area contributed by atoms with Crippen molar-refractivity contribution in [2.75, 3.05) is 10.7 Å². The Hall–Kier alpha value is -1.37. The summed E-state index contributed by atoms with van der Waals surface area (Å²) in [6.45, 7) is 0. The first kappa shape index (κ1) is 14.0. The molecule has 0 unspecified atom stereocenters. The second kappa shape index (κ2) is 6.18. The Kier molecular flexibility index (Phi) is 4.57. The molecule has 0 heterocycles. The van der Waals surface area contributed by atoms with Crippen molar-refractivity contribution in [1.82, 2.24) is 0 Å². The fourth-order valence-electron chi connectivity index (χ4n) is 1.61. The van der Waals surface area contributed by atoms with Gasteiger partial charge in [0.15, 0.2) is 0 Å². The zero-order chi connectivity index (χ0) is 13.8. The van der Waals surface area contributed by atoms with E-state index < -0.39 is 0 Å². The quantitative estimate of drug-likeness (QED) is 0.557. The molecule has 4 nitrogen and oxygen atoms in total. The molecule has 0 atom stereocenters. The number of halogens is 2. The normalized spacial score (nSPS) is 10.1. The third kappa shape index (κ3) is 3.15. The molecule has 4 N–H and O–H groups in total. The van der Waals surface area contributed by atoms with E-state index in [0.29, 0.717) is 16.9 Å². The number of rotatable bonds is 3. The van der Waals surface area contributed by atoms with Crippen LogP contribution < -0.4 is 16.6 Å². The first-order valence-electron chi connectivity index (χ1n) is 5.44. The SMILES string of the molecule is NNc1ccccc1C(=O)Nc1c(Br)cccc1Br. The Morgan fingerprint density at radius 1 is 1.00 bits per heavy atom. The number of nitrogens with one attached hydrogen (secondary N) is 2. The summed E-state index contributed by atoms with van der Waals surface area (Å²) in [4.78, 5) is 12.2. The van der Waals surface area contributed by atoms with E-state index >= 15 is 0 Å². The van der Waals surface area contributed by atoms with Crippen molar-refractivity contribution >= 4 is 49.1 Å². The van der Waals surface area contributed by atoms with Crippen LogP contribution in [0.15, 0.2) is 51.4 Å². The highest BCUT2D eigenvalue weighted by Gasteiger charge is 2.13. The molecule has 0 fully saturated rings. The number of carbonyl (C=O) groups excluding carboxylic acids is 1.